The van der Waals surface area contributed by atoms with Gasteiger partial charge in [0.2, 0.25) is 0 Å². The maximum absolute atomic E-state index is 13.3. The summed E-state index contributed by atoms with van der Waals surface area (Å²) in [6, 6.07) is 12.6. The third-order valence-electron chi connectivity index (χ3n) is 4.44. The highest BCUT2D eigenvalue weighted by molar-refractivity contribution is 7.97. The average molecular weight is 389 g/mol. The van der Waals surface area contributed by atoms with Crippen LogP contribution in [-0.4, -0.2) is 29.1 Å². The zero-order valence-corrected chi connectivity index (χ0v) is 15.6. The van der Waals surface area contributed by atoms with Crippen LogP contribution in [0.4, 0.5) is 10.2 Å². The smallest absolute Gasteiger partial charge is 0.139 e. The molecule has 0 radical (unpaired) electrons. The van der Waals surface area contributed by atoms with Gasteiger partial charge in [0.15, 0.2) is 0 Å². The molecule has 0 amide bonds. The van der Waals surface area contributed by atoms with Gasteiger partial charge in [-0.3, -0.25) is 4.72 Å². The fraction of sp³-hybridized carbons (Fsp3) is 0.263. The molecule has 0 spiro atoms. The number of hydrogen-bond donors (Lipinski definition) is 1. The summed E-state index contributed by atoms with van der Waals surface area (Å²) in [5.41, 5.74) is 0.853. The lowest BCUT2D eigenvalue weighted by Crippen LogP contribution is -2.44. The van der Waals surface area contributed by atoms with Crippen molar-refractivity contribution in [1.29, 1.82) is 0 Å². The first kappa shape index (κ1) is 17.5. The SMILES string of the molecule is Fc1cccc(SNC2CCCN(c3ncnc4cc(Cl)ccc34)C2)c1. The number of nitrogens with zero attached hydrogens (tertiary/aromatic N) is 3. The maximum atomic E-state index is 13.3. The van der Waals surface area contributed by atoms with Crippen LogP contribution in [-0.2, 0) is 0 Å². The minimum Gasteiger partial charge on any atom is -0.354 e. The lowest BCUT2D eigenvalue weighted by Gasteiger charge is -2.34. The highest BCUT2D eigenvalue weighted by atomic mass is 35.5. The van der Waals surface area contributed by atoms with Gasteiger partial charge in [0.05, 0.1) is 5.52 Å². The summed E-state index contributed by atoms with van der Waals surface area (Å²) in [5.74, 6) is 0.724. The lowest BCUT2D eigenvalue weighted by molar-refractivity contribution is 0.483. The van der Waals surface area contributed by atoms with Crippen molar-refractivity contribution in [1.82, 2.24) is 14.7 Å². The molecule has 0 bridgehead atoms. The summed E-state index contributed by atoms with van der Waals surface area (Å²) in [5, 5.41) is 1.68. The van der Waals surface area contributed by atoms with Gasteiger partial charge in [0.25, 0.3) is 0 Å². The molecule has 1 aliphatic heterocycles. The van der Waals surface area contributed by atoms with Crippen LogP contribution >= 0.6 is 23.5 Å². The molecule has 1 N–H and O–H groups in total. The lowest BCUT2D eigenvalue weighted by atomic mass is 10.1. The number of nitrogens with one attached hydrogen (secondary N) is 1. The van der Waals surface area contributed by atoms with Gasteiger partial charge in [-0.05, 0) is 61.2 Å². The van der Waals surface area contributed by atoms with Crippen LogP contribution < -0.4 is 9.62 Å². The molecular formula is C19H18ClFN4S. The predicted molar refractivity (Wildman–Crippen MR) is 105 cm³/mol. The molecule has 2 aromatic carbocycles. The van der Waals surface area contributed by atoms with Crippen LogP contribution in [0.2, 0.25) is 5.02 Å². The van der Waals surface area contributed by atoms with Gasteiger partial charge in [-0.15, -0.1) is 0 Å². The highest BCUT2D eigenvalue weighted by Gasteiger charge is 2.22. The Hall–Kier alpha value is -1.89. The van der Waals surface area contributed by atoms with Crippen molar-refractivity contribution >= 4 is 40.3 Å². The van der Waals surface area contributed by atoms with Crippen molar-refractivity contribution in [3.05, 3.63) is 59.6 Å². The minimum atomic E-state index is -0.215. The number of hydrogen-bond acceptors (Lipinski definition) is 5. The molecule has 2 heterocycles. The Morgan fingerprint density at radius 3 is 3.00 bits per heavy atom. The van der Waals surface area contributed by atoms with Gasteiger partial charge in [0, 0.05) is 34.4 Å². The Labute approximate surface area is 160 Å². The molecule has 4 nitrogen and oxygen atoms in total. The second-order valence-corrected chi connectivity index (χ2v) is 7.67. The van der Waals surface area contributed by atoms with Gasteiger partial charge >= 0.3 is 0 Å². The number of anilines is 1. The van der Waals surface area contributed by atoms with Crippen molar-refractivity contribution in [3.63, 3.8) is 0 Å². The number of aromatic nitrogens is 2. The summed E-state index contributed by atoms with van der Waals surface area (Å²) in [7, 11) is 0. The number of fused-ring (bicyclic) bond motifs is 1. The van der Waals surface area contributed by atoms with Crippen LogP contribution in [0.25, 0.3) is 10.9 Å². The van der Waals surface area contributed by atoms with Gasteiger partial charge in [-0.1, -0.05) is 17.7 Å². The maximum Gasteiger partial charge on any atom is 0.139 e. The Morgan fingerprint density at radius 1 is 1.19 bits per heavy atom. The van der Waals surface area contributed by atoms with E-state index in [1.165, 1.54) is 18.0 Å². The van der Waals surface area contributed by atoms with Crippen molar-refractivity contribution in [2.24, 2.45) is 0 Å². The van der Waals surface area contributed by atoms with E-state index < -0.39 is 0 Å². The van der Waals surface area contributed by atoms with E-state index in [0.29, 0.717) is 11.1 Å². The molecule has 1 fully saturated rings. The summed E-state index contributed by atoms with van der Waals surface area (Å²) in [6.45, 7) is 1.80. The Kier molecular flexibility index (Phi) is 5.24. The normalized spacial score (nSPS) is 17.6. The predicted octanol–water partition coefficient (Wildman–Crippen LogP) is 4.69. The topological polar surface area (TPSA) is 41.0 Å². The van der Waals surface area contributed by atoms with Crippen molar-refractivity contribution in [2.45, 2.75) is 23.8 Å². The van der Waals surface area contributed by atoms with Gasteiger partial charge < -0.3 is 4.90 Å². The van der Waals surface area contributed by atoms with Gasteiger partial charge in [0.1, 0.15) is 18.0 Å². The summed E-state index contributed by atoms with van der Waals surface area (Å²) in [4.78, 5) is 12.0. The molecule has 134 valence electrons. The van der Waals surface area contributed by atoms with Crippen LogP contribution in [0.1, 0.15) is 12.8 Å². The molecule has 1 unspecified atom stereocenters. The molecule has 4 rings (SSSR count). The highest BCUT2D eigenvalue weighted by Crippen LogP contribution is 2.28. The van der Waals surface area contributed by atoms with Gasteiger partial charge in [-0.25, -0.2) is 14.4 Å². The van der Waals surface area contributed by atoms with Crippen molar-refractivity contribution < 1.29 is 4.39 Å². The van der Waals surface area contributed by atoms with E-state index in [-0.39, 0.29) is 5.82 Å². The second kappa shape index (κ2) is 7.78. The fourth-order valence-electron chi connectivity index (χ4n) is 3.22. The number of benzene rings is 2. The van der Waals surface area contributed by atoms with E-state index in [4.69, 9.17) is 11.6 Å². The monoisotopic (exact) mass is 388 g/mol. The molecule has 0 aliphatic carbocycles. The zero-order valence-electron chi connectivity index (χ0n) is 14.0. The van der Waals surface area contributed by atoms with Crippen LogP contribution in [0.3, 0.4) is 0 Å². The van der Waals surface area contributed by atoms with Crippen LogP contribution in [0.15, 0.2) is 53.7 Å². The van der Waals surface area contributed by atoms with E-state index in [2.05, 4.69) is 19.6 Å². The van der Waals surface area contributed by atoms with Crippen LogP contribution in [0, 0.1) is 5.82 Å². The molecule has 26 heavy (non-hydrogen) atoms. The second-order valence-electron chi connectivity index (χ2n) is 6.32. The largest absolute Gasteiger partial charge is 0.354 e. The Balaban J connectivity index is 1.48. The first-order chi connectivity index (χ1) is 12.7. The standard InChI is InChI=1S/C19H18ClFN4S/c20-13-6-7-17-18(9-13)22-12-23-19(17)25-8-2-4-15(11-25)24-26-16-5-1-3-14(21)10-16/h1,3,5-7,9-10,12,15,24H,2,4,8,11H2. The Morgan fingerprint density at radius 2 is 2.12 bits per heavy atom. The zero-order chi connectivity index (χ0) is 17.9. The van der Waals surface area contributed by atoms with E-state index in [1.54, 1.807) is 18.5 Å². The van der Waals surface area contributed by atoms with E-state index >= 15 is 0 Å². The molecule has 3 aromatic rings. The molecule has 7 heteroatoms. The minimum absolute atomic E-state index is 0.215. The summed E-state index contributed by atoms with van der Waals surface area (Å²) >= 11 is 7.55. The Bertz CT molecular complexity index is 923. The first-order valence-corrected chi connectivity index (χ1v) is 9.71. The van der Waals surface area contributed by atoms with Crippen LogP contribution in [0.5, 0.6) is 0 Å². The third-order valence-corrected chi connectivity index (χ3v) is 5.61. The van der Waals surface area contributed by atoms with Gasteiger partial charge in [-0.2, -0.15) is 0 Å². The van der Waals surface area contributed by atoms with E-state index in [0.717, 1.165) is 47.5 Å². The molecule has 0 saturated carbocycles. The molecular weight excluding hydrogens is 371 g/mol. The van der Waals surface area contributed by atoms with E-state index in [1.807, 2.05) is 24.3 Å². The summed E-state index contributed by atoms with van der Waals surface area (Å²) in [6.07, 6.45) is 3.74. The molecule has 1 aromatic heterocycles. The first-order valence-electron chi connectivity index (χ1n) is 8.52. The quantitative estimate of drug-likeness (QED) is 0.657. The average Bonchev–Trinajstić information content (AvgIpc) is 2.66. The number of rotatable bonds is 4. The van der Waals surface area contributed by atoms with Crippen molar-refractivity contribution in [2.75, 3.05) is 18.0 Å². The fourth-order valence-corrected chi connectivity index (χ4v) is 4.20. The molecule has 1 atom stereocenters. The number of piperidine rings is 1. The number of halogens is 2. The third kappa shape index (κ3) is 3.92. The summed E-state index contributed by atoms with van der Waals surface area (Å²) < 4.78 is 16.8. The van der Waals surface area contributed by atoms with Crippen molar-refractivity contribution in [3.8, 4) is 0 Å². The molecule has 1 aliphatic rings. The molecule has 1 saturated heterocycles. The van der Waals surface area contributed by atoms with E-state index in [9.17, 15) is 4.39 Å².